The molecule has 0 amide bonds. The summed E-state index contributed by atoms with van der Waals surface area (Å²) in [7, 11) is 0. The van der Waals surface area contributed by atoms with E-state index in [1.54, 1.807) is 0 Å². The predicted molar refractivity (Wildman–Crippen MR) is 270 cm³/mol. The second-order valence-corrected chi connectivity index (χ2v) is 17.0. The molecule has 0 rings (SSSR count). The molecule has 0 aromatic heterocycles. The van der Waals surface area contributed by atoms with Crippen molar-refractivity contribution in [3.8, 4) is 0 Å². The Balaban J connectivity index is 4.49. The van der Waals surface area contributed by atoms with Crippen molar-refractivity contribution in [2.45, 2.75) is 245 Å². The molecule has 0 aromatic rings. The number of esters is 3. The standard InChI is InChI=1S/C57H96O6/c1-4-7-10-13-16-19-22-25-27-29-31-32-35-38-41-44-47-50-56(59)62-53-54(52-61-55(58)49-46-43-40-37-34-24-21-18-15-12-9-6-3)63-57(60)51-48-45-42-39-36-33-30-28-26-23-20-17-14-11-8-5-2/h7,10,16,18-19,21,25,27-28,30-32,38,41,54H,4-6,8-9,11-15,17,20,22-24,26,29,33-37,39-40,42-53H2,1-3H3/b10-7-,19-16-,21-18-,27-25-,30-28-,32-31-,41-38-. The third kappa shape index (κ3) is 49.5. The Hall–Kier alpha value is -3.41. The van der Waals surface area contributed by atoms with Gasteiger partial charge in [0, 0.05) is 19.3 Å². The fraction of sp³-hybridized carbons (Fsp3) is 0.702. The molecule has 1 unspecified atom stereocenters. The first-order valence-electron chi connectivity index (χ1n) is 26.1. The Morgan fingerprint density at radius 3 is 1.08 bits per heavy atom. The zero-order valence-electron chi connectivity index (χ0n) is 41.1. The van der Waals surface area contributed by atoms with Crippen LogP contribution in [0, 0.1) is 0 Å². The average Bonchev–Trinajstić information content (AvgIpc) is 3.28. The first kappa shape index (κ1) is 59.6. The number of allylic oxidation sites excluding steroid dienone is 14. The van der Waals surface area contributed by atoms with Gasteiger partial charge in [-0.05, 0) is 109 Å². The highest BCUT2D eigenvalue weighted by atomic mass is 16.6. The van der Waals surface area contributed by atoms with E-state index in [1.165, 1.54) is 89.9 Å². The lowest BCUT2D eigenvalue weighted by atomic mass is 10.1. The van der Waals surface area contributed by atoms with Crippen LogP contribution in [-0.2, 0) is 28.6 Å². The van der Waals surface area contributed by atoms with Crippen molar-refractivity contribution in [2.24, 2.45) is 0 Å². The SMILES string of the molecule is CC/C=C\C/C=C\C/C=C\C/C=C\C/C=C\CCCC(=O)OCC(COC(=O)CCCCCCC/C=C\CCCCC)OC(=O)CCCCCCC/C=C\CCCCCCCCC. The van der Waals surface area contributed by atoms with Gasteiger partial charge in [0.25, 0.3) is 0 Å². The molecule has 1 atom stereocenters. The van der Waals surface area contributed by atoms with Crippen LogP contribution in [0.2, 0.25) is 0 Å². The van der Waals surface area contributed by atoms with E-state index in [1.807, 2.05) is 0 Å². The summed E-state index contributed by atoms with van der Waals surface area (Å²) in [6, 6.07) is 0. The summed E-state index contributed by atoms with van der Waals surface area (Å²) in [5.74, 6) is -0.981. The predicted octanol–water partition coefficient (Wildman–Crippen LogP) is 17.2. The first-order valence-corrected chi connectivity index (χ1v) is 26.1. The molecule has 0 fully saturated rings. The highest BCUT2D eigenvalue weighted by Crippen LogP contribution is 2.13. The van der Waals surface area contributed by atoms with E-state index < -0.39 is 6.10 Å². The van der Waals surface area contributed by atoms with Crippen molar-refractivity contribution in [1.82, 2.24) is 0 Å². The van der Waals surface area contributed by atoms with Crippen LogP contribution in [-0.4, -0.2) is 37.2 Å². The van der Waals surface area contributed by atoms with Crippen LogP contribution < -0.4 is 0 Å². The zero-order chi connectivity index (χ0) is 45.8. The second kappa shape index (κ2) is 51.2. The van der Waals surface area contributed by atoms with E-state index in [4.69, 9.17) is 14.2 Å². The van der Waals surface area contributed by atoms with Crippen molar-refractivity contribution >= 4 is 17.9 Å². The van der Waals surface area contributed by atoms with E-state index in [9.17, 15) is 14.4 Å². The Kier molecular flexibility index (Phi) is 48.5. The van der Waals surface area contributed by atoms with Crippen LogP contribution in [0.4, 0.5) is 0 Å². The maximum Gasteiger partial charge on any atom is 0.306 e. The summed E-state index contributed by atoms with van der Waals surface area (Å²) in [5, 5.41) is 0. The maximum atomic E-state index is 12.8. The largest absolute Gasteiger partial charge is 0.462 e. The first-order chi connectivity index (χ1) is 31.0. The minimum Gasteiger partial charge on any atom is -0.462 e. The van der Waals surface area contributed by atoms with Gasteiger partial charge in [-0.15, -0.1) is 0 Å². The van der Waals surface area contributed by atoms with Crippen LogP contribution in [0.1, 0.15) is 239 Å². The van der Waals surface area contributed by atoms with Crippen molar-refractivity contribution in [1.29, 1.82) is 0 Å². The van der Waals surface area contributed by atoms with E-state index >= 15 is 0 Å². The molecule has 0 heterocycles. The van der Waals surface area contributed by atoms with Crippen molar-refractivity contribution in [3.05, 3.63) is 85.1 Å². The highest BCUT2D eigenvalue weighted by molar-refractivity contribution is 5.71. The molecule has 0 saturated heterocycles. The van der Waals surface area contributed by atoms with E-state index in [0.29, 0.717) is 19.3 Å². The molecule has 6 nitrogen and oxygen atoms in total. The Morgan fingerprint density at radius 2 is 0.635 bits per heavy atom. The number of hydrogen-bond donors (Lipinski definition) is 0. The normalized spacial score (nSPS) is 12.7. The highest BCUT2D eigenvalue weighted by Gasteiger charge is 2.19. The summed E-state index contributed by atoms with van der Waals surface area (Å²) in [5.41, 5.74) is 0. The molecule has 0 bridgehead atoms. The monoisotopic (exact) mass is 877 g/mol. The average molecular weight is 877 g/mol. The van der Waals surface area contributed by atoms with Crippen molar-refractivity contribution in [3.63, 3.8) is 0 Å². The zero-order valence-corrected chi connectivity index (χ0v) is 41.1. The molecule has 360 valence electrons. The smallest absolute Gasteiger partial charge is 0.306 e. The molecule has 0 aliphatic carbocycles. The molecule has 0 aromatic carbocycles. The number of carbonyl (C=O) groups is 3. The third-order valence-electron chi connectivity index (χ3n) is 10.9. The van der Waals surface area contributed by atoms with E-state index in [0.717, 1.165) is 103 Å². The number of carbonyl (C=O) groups excluding carboxylic acids is 3. The van der Waals surface area contributed by atoms with Crippen LogP contribution in [0.15, 0.2) is 85.1 Å². The topological polar surface area (TPSA) is 78.9 Å². The molecular weight excluding hydrogens is 781 g/mol. The van der Waals surface area contributed by atoms with Gasteiger partial charge in [0.2, 0.25) is 0 Å². The second-order valence-electron chi connectivity index (χ2n) is 17.0. The lowest BCUT2D eigenvalue weighted by Gasteiger charge is -2.18. The molecule has 0 aliphatic heterocycles. The fourth-order valence-electron chi connectivity index (χ4n) is 6.94. The van der Waals surface area contributed by atoms with Crippen LogP contribution in [0.5, 0.6) is 0 Å². The molecule has 63 heavy (non-hydrogen) atoms. The molecule has 0 radical (unpaired) electrons. The molecule has 0 spiro atoms. The van der Waals surface area contributed by atoms with Crippen LogP contribution >= 0.6 is 0 Å². The Labute approximate surface area is 388 Å². The number of rotatable bonds is 46. The van der Waals surface area contributed by atoms with Gasteiger partial charge >= 0.3 is 17.9 Å². The van der Waals surface area contributed by atoms with Crippen molar-refractivity contribution in [2.75, 3.05) is 13.2 Å². The molecule has 0 aliphatic rings. The summed E-state index contributed by atoms with van der Waals surface area (Å²) in [6.07, 6.45) is 65.7. The fourth-order valence-corrected chi connectivity index (χ4v) is 6.94. The van der Waals surface area contributed by atoms with Gasteiger partial charge in [-0.2, -0.15) is 0 Å². The summed E-state index contributed by atoms with van der Waals surface area (Å²) in [6.45, 7) is 6.43. The Morgan fingerprint density at radius 1 is 0.333 bits per heavy atom. The third-order valence-corrected chi connectivity index (χ3v) is 10.9. The quantitative estimate of drug-likeness (QED) is 0.0262. The minimum atomic E-state index is -0.806. The van der Waals surface area contributed by atoms with E-state index in [2.05, 4.69) is 106 Å². The molecule has 6 heteroatoms. The Bertz CT molecular complexity index is 1240. The summed E-state index contributed by atoms with van der Waals surface area (Å²) < 4.78 is 16.7. The lowest BCUT2D eigenvalue weighted by molar-refractivity contribution is -0.167. The molecule has 0 saturated carbocycles. The summed E-state index contributed by atoms with van der Waals surface area (Å²) >= 11 is 0. The number of hydrogen-bond acceptors (Lipinski definition) is 6. The maximum absolute atomic E-state index is 12.8. The molecular formula is C57H96O6. The van der Waals surface area contributed by atoms with Gasteiger partial charge in [-0.1, -0.05) is 196 Å². The van der Waals surface area contributed by atoms with Crippen LogP contribution in [0.3, 0.4) is 0 Å². The van der Waals surface area contributed by atoms with Gasteiger partial charge in [-0.25, -0.2) is 0 Å². The van der Waals surface area contributed by atoms with Gasteiger partial charge in [0.15, 0.2) is 6.10 Å². The van der Waals surface area contributed by atoms with Gasteiger partial charge in [-0.3, -0.25) is 14.4 Å². The number of ether oxygens (including phenoxy) is 3. The van der Waals surface area contributed by atoms with Gasteiger partial charge in [0.05, 0.1) is 0 Å². The lowest BCUT2D eigenvalue weighted by Crippen LogP contribution is -2.30. The minimum absolute atomic E-state index is 0.102. The van der Waals surface area contributed by atoms with Gasteiger partial charge in [0.1, 0.15) is 13.2 Å². The summed E-state index contributed by atoms with van der Waals surface area (Å²) in [4.78, 5) is 38.0. The molecule has 0 N–H and O–H groups in total. The van der Waals surface area contributed by atoms with Crippen LogP contribution in [0.25, 0.3) is 0 Å². The van der Waals surface area contributed by atoms with Gasteiger partial charge < -0.3 is 14.2 Å². The van der Waals surface area contributed by atoms with Crippen molar-refractivity contribution < 1.29 is 28.6 Å². The number of unbranched alkanes of at least 4 members (excludes halogenated alkanes) is 21. The van der Waals surface area contributed by atoms with E-state index in [-0.39, 0.29) is 37.5 Å².